The third-order valence-corrected chi connectivity index (χ3v) is 3.97. The molecule has 1 aromatic carbocycles. The van der Waals surface area contributed by atoms with E-state index in [1.807, 2.05) is 12.1 Å². The lowest BCUT2D eigenvalue weighted by Gasteiger charge is -2.27. The molecule has 0 radical (unpaired) electrons. The summed E-state index contributed by atoms with van der Waals surface area (Å²) in [6.07, 6.45) is 2.04. The van der Waals surface area contributed by atoms with Crippen molar-refractivity contribution in [3.8, 4) is 0 Å². The first-order valence-electron chi connectivity index (χ1n) is 5.37. The first-order valence-corrected chi connectivity index (χ1v) is 7.69. The highest BCUT2D eigenvalue weighted by Crippen LogP contribution is 2.36. The van der Waals surface area contributed by atoms with Gasteiger partial charge < -0.3 is 9.47 Å². The molecule has 1 saturated heterocycles. The molecule has 1 fully saturated rings. The molecule has 0 amide bonds. The van der Waals surface area contributed by atoms with E-state index in [-0.39, 0.29) is 0 Å². The van der Waals surface area contributed by atoms with Crippen molar-refractivity contribution in [1.29, 1.82) is 0 Å². The predicted molar refractivity (Wildman–Crippen MR) is 75.8 cm³/mol. The van der Waals surface area contributed by atoms with Crippen LogP contribution in [0.15, 0.2) is 28.7 Å². The van der Waals surface area contributed by atoms with E-state index in [0.29, 0.717) is 13.2 Å². The Kier molecular flexibility index (Phi) is 4.64. The van der Waals surface area contributed by atoms with Crippen LogP contribution in [-0.2, 0) is 15.3 Å². The molecular weight excluding hydrogens is 383 g/mol. The van der Waals surface area contributed by atoms with Gasteiger partial charge in [-0.25, -0.2) is 0 Å². The van der Waals surface area contributed by atoms with Crippen molar-refractivity contribution in [3.63, 3.8) is 0 Å². The van der Waals surface area contributed by atoms with E-state index in [1.165, 1.54) is 0 Å². The van der Waals surface area contributed by atoms with Gasteiger partial charge in [0.05, 0.1) is 13.2 Å². The predicted octanol–water partition coefficient (Wildman–Crippen LogP) is 3.86. The van der Waals surface area contributed by atoms with Gasteiger partial charge in [0, 0.05) is 16.5 Å². The van der Waals surface area contributed by atoms with Gasteiger partial charge in [-0.15, -0.1) is 0 Å². The van der Waals surface area contributed by atoms with Crippen molar-refractivity contribution in [1.82, 2.24) is 0 Å². The van der Waals surface area contributed by atoms with Crippen LogP contribution in [0.4, 0.5) is 0 Å². The van der Waals surface area contributed by atoms with Gasteiger partial charge in [-0.2, -0.15) is 0 Å². The average molecular weight is 397 g/mol. The Morgan fingerprint density at radius 2 is 1.81 bits per heavy atom. The zero-order valence-electron chi connectivity index (χ0n) is 8.92. The molecule has 0 spiro atoms. The molecule has 0 saturated carbocycles. The first kappa shape index (κ1) is 12.8. The van der Waals surface area contributed by atoms with Gasteiger partial charge in [0.2, 0.25) is 0 Å². The summed E-state index contributed by atoms with van der Waals surface area (Å²) < 4.78 is 13.9. The number of benzene rings is 1. The molecule has 1 aromatic rings. The van der Waals surface area contributed by atoms with Crippen LogP contribution in [0.2, 0.25) is 0 Å². The largest absolute Gasteiger partial charge is 0.343 e. The second-order valence-corrected chi connectivity index (χ2v) is 5.74. The molecule has 0 aromatic heterocycles. The maximum absolute atomic E-state index is 5.83. The highest BCUT2D eigenvalue weighted by Gasteiger charge is 2.37. The minimum absolute atomic E-state index is 0.494. The van der Waals surface area contributed by atoms with Crippen LogP contribution < -0.4 is 0 Å². The maximum atomic E-state index is 5.83. The Hall–Kier alpha value is 0.350. The zero-order valence-corrected chi connectivity index (χ0v) is 12.7. The average Bonchev–Trinajstić information content (AvgIpc) is 2.77. The van der Waals surface area contributed by atoms with Crippen LogP contribution in [0, 0.1) is 0 Å². The minimum Gasteiger partial charge on any atom is -0.343 e. The Bertz CT molecular complexity index is 333. The third-order valence-electron chi connectivity index (χ3n) is 2.68. The molecule has 88 valence electrons. The first-order chi connectivity index (χ1) is 7.77. The minimum atomic E-state index is -0.494. The number of alkyl halides is 1. The summed E-state index contributed by atoms with van der Waals surface area (Å²) in [6.45, 7) is 1.38. The van der Waals surface area contributed by atoms with Gasteiger partial charge in [0.25, 0.3) is 0 Å². The summed E-state index contributed by atoms with van der Waals surface area (Å²) in [6, 6.07) is 8.21. The van der Waals surface area contributed by atoms with E-state index in [0.717, 1.165) is 27.3 Å². The van der Waals surface area contributed by atoms with Crippen LogP contribution in [0.1, 0.15) is 18.4 Å². The van der Waals surface area contributed by atoms with Gasteiger partial charge >= 0.3 is 0 Å². The van der Waals surface area contributed by atoms with E-state index >= 15 is 0 Å². The molecule has 1 heterocycles. The molecule has 2 nitrogen and oxygen atoms in total. The summed E-state index contributed by atoms with van der Waals surface area (Å²) in [5, 5.41) is 0. The quantitative estimate of drug-likeness (QED) is 0.568. The van der Waals surface area contributed by atoms with Crippen LogP contribution in [0.5, 0.6) is 0 Å². The van der Waals surface area contributed by atoms with E-state index in [1.54, 1.807) is 0 Å². The number of ether oxygens (including phenoxy) is 2. The van der Waals surface area contributed by atoms with Crippen LogP contribution in [0.25, 0.3) is 0 Å². The van der Waals surface area contributed by atoms with Crippen molar-refractivity contribution in [2.45, 2.75) is 18.6 Å². The molecule has 0 unspecified atom stereocenters. The van der Waals surface area contributed by atoms with Gasteiger partial charge in [-0.05, 0) is 23.0 Å². The molecule has 0 bridgehead atoms. The Morgan fingerprint density at radius 3 is 2.38 bits per heavy atom. The third kappa shape index (κ3) is 2.78. The second kappa shape index (κ2) is 5.80. The Labute approximate surface area is 118 Å². The molecule has 0 aliphatic carbocycles. The van der Waals surface area contributed by atoms with Crippen LogP contribution in [0.3, 0.4) is 0 Å². The molecule has 1 aliphatic heterocycles. The lowest BCUT2D eigenvalue weighted by Crippen LogP contribution is -2.27. The van der Waals surface area contributed by atoms with Crippen molar-refractivity contribution >= 4 is 38.5 Å². The van der Waals surface area contributed by atoms with Crippen LogP contribution in [-0.4, -0.2) is 17.6 Å². The number of rotatable bonds is 4. The Balaban J connectivity index is 2.21. The van der Waals surface area contributed by atoms with Crippen molar-refractivity contribution in [3.05, 3.63) is 34.3 Å². The summed E-state index contributed by atoms with van der Waals surface area (Å²) in [5.74, 6) is -0.494. The summed E-state index contributed by atoms with van der Waals surface area (Å²) in [7, 11) is 0. The fourth-order valence-corrected chi connectivity index (χ4v) is 2.56. The highest BCUT2D eigenvalue weighted by molar-refractivity contribution is 14.1. The molecule has 0 N–H and O–H groups in total. The van der Waals surface area contributed by atoms with E-state index in [9.17, 15) is 0 Å². The Morgan fingerprint density at radius 1 is 1.19 bits per heavy atom. The molecule has 4 heteroatoms. The fraction of sp³-hybridized carbons (Fsp3) is 0.500. The number of hydrogen-bond acceptors (Lipinski definition) is 2. The van der Waals surface area contributed by atoms with E-state index < -0.39 is 5.79 Å². The summed E-state index contributed by atoms with van der Waals surface area (Å²) in [5.41, 5.74) is 1.12. The second-order valence-electron chi connectivity index (χ2n) is 3.75. The monoisotopic (exact) mass is 396 g/mol. The van der Waals surface area contributed by atoms with Gasteiger partial charge in [0.1, 0.15) is 0 Å². The molecule has 0 atom stereocenters. The van der Waals surface area contributed by atoms with Crippen molar-refractivity contribution in [2.24, 2.45) is 0 Å². The summed E-state index contributed by atoms with van der Waals surface area (Å²) in [4.78, 5) is 0. The van der Waals surface area contributed by atoms with Crippen molar-refractivity contribution < 1.29 is 9.47 Å². The lowest BCUT2D eigenvalue weighted by molar-refractivity contribution is -0.170. The van der Waals surface area contributed by atoms with Gasteiger partial charge in [-0.3, -0.25) is 0 Å². The molecule has 2 rings (SSSR count). The maximum Gasteiger partial charge on any atom is 0.195 e. The van der Waals surface area contributed by atoms with E-state index in [4.69, 9.17) is 9.47 Å². The fourth-order valence-electron chi connectivity index (χ4n) is 1.91. The highest BCUT2D eigenvalue weighted by atomic mass is 127. The van der Waals surface area contributed by atoms with Gasteiger partial charge in [-0.1, -0.05) is 50.7 Å². The van der Waals surface area contributed by atoms with Crippen molar-refractivity contribution in [2.75, 3.05) is 17.6 Å². The number of hydrogen-bond donors (Lipinski definition) is 0. The molecule has 16 heavy (non-hydrogen) atoms. The smallest absolute Gasteiger partial charge is 0.195 e. The number of halogens is 2. The summed E-state index contributed by atoms with van der Waals surface area (Å²) >= 11 is 5.83. The molecule has 1 aliphatic rings. The normalized spacial score (nSPS) is 18.9. The van der Waals surface area contributed by atoms with E-state index in [2.05, 4.69) is 50.7 Å². The SMILES string of the molecule is Brc1ccc(C2(CCCI)OCCO2)cc1. The molecular formula is C12H14BrIO2. The lowest BCUT2D eigenvalue weighted by atomic mass is 10.0. The zero-order chi connectivity index (χ0) is 11.4. The topological polar surface area (TPSA) is 18.5 Å². The van der Waals surface area contributed by atoms with Crippen LogP contribution >= 0.6 is 38.5 Å². The standard InChI is InChI=1S/C12H14BrIO2/c13-11-4-2-10(3-5-11)12(6-1-7-14)15-8-9-16-12/h2-5H,1,6-9H2. The van der Waals surface area contributed by atoms with Gasteiger partial charge in [0.15, 0.2) is 5.79 Å².